The molecule has 3 N–H and O–H groups in total. The second-order valence-corrected chi connectivity index (χ2v) is 9.60. The number of ether oxygens (including phenoxy) is 1. The van der Waals surface area contributed by atoms with Gasteiger partial charge in [-0.25, -0.2) is 4.39 Å². The van der Waals surface area contributed by atoms with Crippen LogP contribution in [0.2, 0.25) is 5.02 Å². The number of hydrogen-bond donors (Lipinski definition) is 3. The van der Waals surface area contributed by atoms with Crippen molar-refractivity contribution in [3.05, 3.63) is 29.0 Å². The molecular weight excluding hydrogens is 409 g/mol. The molecule has 1 aromatic rings. The van der Waals surface area contributed by atoms with E-state index in [1.165, 1.54) is 18.6 Å². The summed E-state index contributed by atoms with van der Waals surface area (Å²) in [5.41, 5.74) is -0.343. The molecule has 4 fully saturated rings. The SMILES string of the molecule is CC1CCC(CNC(=O)C23CC(C2)[C@@H](NC(=O)COc2ccc(Cl)c(F)c2)C3)NC1. The molecule has 3 atom stereocenters. The van der Waals surface area contributed by atoms with E-state index in [4.69, 9.17) is 16.3 Å². The second kappa shape index (κ2) is 8.71. The van der Waals surface area contributed by atoms with E-state index in [1.54, 1.807) is 0 Å². The summed E-state index contributed by atoms with van der Waals surface area (Å²) in [6.07, 6.45) is 4.59. The van der Waals surface area contributed by atoms with Gasteiger partial charge in [0.1, 0.15) is 11.6 Å². The Hall–Kier alpha value is -1.86. The Morgan fingerprint density at radius 3 is 2.80 bits per heavy atom. The fourth-order valence-electron chi connectivity index (χ4n) is 5.03. The summed E-state index contributed by atoms with van der Waals surface area (Å²) in [5.74, 6) is 0.551. The average molecular weight is 438 g/mol. The van der Waals surface area contributed by atoms with Gasteiger partial charge in [0.15, 0.2) is 6.61 Å². The summed E-state index contributed by atoms with van der Waals surface area (Å²) >= 11 is 5.64. The fourth-order valence-corrected chi connectivity index (χ4v) is 5.15. The minimum absolute atomic E-state index is 0.00920. The van der Waals surface area contributed by atoms with Gasteiger partial charge in [0.25, 0.3) is 5.91 Å². The number of piperidine rings is 1. The molecule has 0 radical (unpaired) electrons. The van der Waals surface area contributed by atoms with E-state index in [9.17, 15) is 14.0 Å². The van der Waals surface area contributed by atoms with E-state index in [0.717, 1.165) is 31.9 Å². The quantitative estimate of drug-likeness (QED) is 0.612. The average Bonchev–Trinajstić information content (AvgIpc) is 3.23. The second-order valence-electron chi connectivity index (χ2n) is 9.19. The fraction of sp³-hybridized carbons (Fsp3) is 0.636. The van der Waals surface area contributed by atoms with Crippen molar-refractivity contribution in [2.24, 2.45) is 17.3 Å². The van der Waals surface area contributed by atoms with E-state index in [2.05, 4.69) is 22.9 Å². The standard InChI is InChI=1S/C22H29ClFN3O3/c1-13-2-3-15(25-10-13)11-26-21(29)22-7-14(8-22)19(9-22)27-20(28)12-30-16-4-5-17(23)18(24)6-16/h4-6,13-15,19,25H,2-3,7-12H2,1H3,(H,26,29)(H,27,28)/t13?,14?,15?,19-,22?/m0/s1. The van der Waals surface area contributed by atoms with Gasteiger partial charge in [-0.1, -0.05) is 18.5 Å². The Morgan fingerprint density at radius 2 is 2.10 bits per heavy atom. The van der Waals surface area contributed by atoms with Gasteiger partial charge in [-0.2, -0.15) is 0 Å². The van der Waals surface area contributed by atoms with Crippen molar-refractivity contribution in [1.29, 1.82) is 0 Å². The van der Waals surface area contributed by atoms with Crippen LogP contribution in [0.1, 0.15) is 39.0 Å². The monoisotopic (exact) mass is 437 g/mol. The van der Waals surface area contributed by atoms with E-state index < -0.39 is 5.82 Å². The van der Waals surface area contributed by atoms with Crippen molar-refractivity contribution < 1.29 is 18.7 Å². The molecule has 3 aliphatic carbocycles. The maximum absolute atomic E-state index is 13.5. The van der Waals surface area contributed by atoms with Crippen molar-refractivity contribution in [1.82, 2.24) is 16.0 Å². The van der Waals surface area contributed by atoms with Gasteiger partial charge in [0.2, 0.25) is 5.91 Å². The molecule has 2 amide bonds. The summed E-state index contributed by atoms with van der Waals surface area (Å²) in [6, 6.07) is 4.41. The molecule has 3 saturated carbocycles. The van der Waals surface area contributed by atoms with Gasteiger partial charge in [-0.15, -0.1) is 0 Å². The molecule has 30 heavy (non-hydrogen) atoms. The van der Waals surface area contributed by atoms with Gasteiger partial charge >= 0.3 is 0 Å². The summed E-state index contributed by atoms with van der Waals surface area (Å²) in [5, 5.41) is 9.62. The molecule has 1 heterocycles. The molecule has 0 aromatic heterocycles. The molecule has 4 aliphatic rings. The molecule has 5 rings (SSSR count). The van der Waals surface area contributed by atoms with E-state index in [-0.39, 0.29) is 40.7 Å². The number of carbonyl (C=O) groups excluding carboxylic acids is 2. The van der Waals surface area contributed by atoms with E-state index in [0.29, 0.717) is 30.8 Å². The number of amides is 2. The third-order valence-electron chi connectivity index (χ3n) is 6.85. The third kappa shape index (κ3) is 4.57. The van der Waals surface area contributed by atoms with Gasteiger partial charge in [-0.05, 0) is 62.6 Å². The number of halogens is 2. The van der Waals surface area contributed by atoms with Crippen LogP contribution in [0, 0.1) is 23.1 Å². The van der Waals surface area contributed by atoms with Crippen molar-refractivity contribution in [2.45, 2.75) is 51.1 Å². The molecule has 1 saturated heterocycles. The lowest BCUT2D eigenvalue weighted by Crippen LogP contribution is -2.50. The minimum Gasteiger partial charge on any atom is -0.484 e. The van der Waals surface area contributed by atoms with Crippen LogP contribution in [0.25, 0.3) is 0 Å². The van der Waals surface area contributed by atoms with Crippen LogP contribution in [0.4, 0.5) is 4.39 Å². The molecule has 164 valence electrons. The van der Waals surface area contributed by atoms with Crippen LogP contribution >= 0.6 is 11.6 Å². The van der Waals surface area contributed by atoms with Crippen molar-refractivity contribution in [2.75, 3.05) is 19.7 Å². The Bertz CT molecular complexity index is 807. The number of benzene rings is 1. The van der Waals surface area contributed by atoms with Crippen molar-refractivity contribution in [3.63, 3.8) is 0 Å². The highest BCUT2D eigenvalue weighted by Crippen LogP contribution is 2.58. The first kappa shape index (κ1) is 21.4. The molecule has 8 heteroatoms. The molecule has 0 spiro atoms. The molecular formula is C22H29ClFN3O3. The van der Waals surface area contributed by atoms with Crippen LogP contribution < -0.4 is 20.7 Å². The number of nitrogens with one attached hydrogen (secondary N) is 3. The summed E-state index contributed by atoms with van der Waals surface area (Å²) in [6.45, 7) is 3.71. The highest BCUT2D eigenvalue weighted by atomic mass is 35.5. The van der Waals surface area contributed by atoms with E-state index >= 15 is 0 Å². The first-order valence-electron chi connectivity index (χ1n) is 10.7. The van der Waals surface area contributed by atoms with Crippen LogP contribution in [0.15, 0.2) is 18.2 Å². The highest BCUT2D eigenvalue weighted by molar-refractivity contribution is 6.30. The first-order chi connectivity index (χ1) is 14.3. The van der Waals surface area contributed by atoms with Crippen molar-refractivity contribution >= 4 is 23.4 Å². The van der Waals surface area contributed by atoms with Gasteiger partial charge in [0.05, 0.1) is 10.4 Å². The van der Waals surface area contributed by atoms with Gasteiger partial charge in [0, 0.05) is 24.7 Å². The molecule has 2 unspecified atom stereocenters. The van der Waals surface area contributed by atoms with Crippen LogP contribution in [0.3, 0.4) is 0 Å². The number of hydrogen-bond acceptors (Lipinski definition) is 4. The minimum atomic E-state index is -0.586. The molecule has 6 nitrogen and oxygen atoms in total. The molecule has 1 aliphatic heterocycles. The van der Waals surface area contributed by atoms with E-state index in [1.807, 2.05) is 0 Å². The maximum atomic E-state index is 13.5. The number of carbonyl (C=O) groups is 2. The number of fused-ring (bicyclic) bond motifs is 1. The van der Waals surface area contributed by atoms with Crippen LogP contribution in [0.5, 0.6) is 5.75 Å². The Labute approximate surface area is 181 Å². The largest absolute Gasteiger partial charge is 0.484 e. The number of rotatable bonds is 7. The van der Waals surface area contributed by atoms with Gasteiger partial charge in [-0.3, -0.25) is 9.59 Å². The Balaban J connectivity index is 1.20. The normalized spacial score (nSPS) is 32.2. The third-order valence-corrected chi connectivity index (χ3v) is 7.15. The van der Waals surface area contributed by atoms with Gasteiger partial charge < -0.3 is 20.7 Å². The highest BCUT2D eigenvalue weighted by Gasteiger charge is 2.60. The van der Waals surface area contributed by atoms with Crippen molar-refractivity contribution in [3.8, 4) is 5.75 Å². The summed E-state index contributed by atoms with van der Waals surface area (Å²) < 4.78 is 18.8. The summed E-state index contributed by atoms with van der Waals surface area (Å²) in [4.78, 5) is 25.0. The molecule has 1 aromatic carbocycles. The summed E-state index contributed by atoms with van der Waals surface area (Å²) in [7, 11) is 0. The maximum Gasteiger partial charge on any atom is 0.258 e. The zero-order valence-corrected chi connectivity index (χ0v) is 17.9. The zero-order chi connectivity index (χ0) is 21.3. The topological polar surface area (TPSA) is 79.5 Å². The first-order valence-corrected chi connectivity index (χ1v) is 11.1. The predicted octanol–water partition coefficient (Wildman–Crippen LogP) is 2.65. The lowest BCUT2D eigenvalue weighted by Gasteiger charge is -2.37. The van der Waals surface area contributed by atoms with Crippen LogP contribution in [-0.4, -0.2) is 43.6 Å². The zero-order valence-electron chi connectivity index (χ0n) is 17.2. The predicted molar refractivity (Wildman–Crippen MR) is 112 cm³/mol. The lowest BCUT2D eigenvalue weighted by molar-refractivity contribution is -0.135. The lowest BCUT2D eigenvalue weighted by atomic mass is 9.69. The molecule has 2 bridgehead atoms. The van der Waals surface area contributed by atoms with Crippen LogP contribution in [-0.2, 0) is 9.59 Å². The Morgan fingerprint density at radius 1 is 1.30 bits per heavy atom. The Kier molecular flexibility index (Phi) is 6.21. The smallest absolute Gasteiger partial charge is 0.258 e.